The van der Waals surface area contributed by atoms with Crippen LogP contribution < -0.4 is 5.32 Å². The number of carbonyl (C=O) groups is 1. The first-order valence-electron chi connectivity index (χ1n) is 8.23. The monoisotopic (exact) mass is 377 g/mol. The van der Waals surface area contributed by atoms with Crippen LogP contribution in [-0.2, 0) is 13.1 Å². The summed E-state index contributed by atoms with van der Waals surface area (Å²) in [5, 5.41) is 20.5. The fourth-order valence-electron chi connectivity index (χ4n) is 2.43. The normalized spacial score (nSPS) is 10.7. The van der Waals surface area contributed by atoms with Crippen molar-refractivity contribution in [2.45, 2.75) is 13.1 Å². The molecule has 3 aromatic heterocycles. The fraction of sp³-hybridized carbons (Fsp3) is 0.111. The zero-order chi connectivity index (χ0) is 18.5. The quantitative estimate of drug-likeness (QED) is 0.553. The zero-order valence-corrected chi connectivity index (χ0v) is 15.0. The van der Waals surface area contributed by atoms with E-state index < -0.39 is 0 Å². The second kappa shape index (κ2) is 7.83. The zero-order valence-electron chi connectivity index (χ0n) is 14.2. The van der Waals surface area contributed by atoms with Gasteiger partial charge in [0.2, 0.25) is 0 Å². The number of carbonyl (C=O) groups excluding carboxylic acids is 1. The Kier molecular flexibility index (Phi) is 4.93. The standard InChI is InChI=1S/C18H15N7OS/c26-17(15-12-25(24-21-15)11-13-5-4-8-19-9-13)20-10-16-22-23-18(27-16)14-6-2-1-3-7-14/h1-9,12H,10-11H2,(H,20,26). The molecule has 8 nitrogen and oxygen atoms in total. The van der Waals surface area contributed by atoms with Crippen LogP contribution in [0.2, 0.25) is 0 Å². The molecule has 1 aromatic carbocycles. The van der Waals surface area contributed by atoms with Crippen LogP contribution >= 0.6 is 11.3 Å². The van der Waals surface area contributed by atoms with Crippen LogP contribution in [0, 0.1) is 0 Å². The first-order chi connectivity index (χ1) is 13.3. The van der Waals surface area contributed by atoms with Gasteiger partial charge >= 0.3 is 0 Å². The lowest BCUT2D eigenvalue weighted by Gasteiger charge is -1.99. The van der Waals surface area contributed by atoms with E-state index in [0.717, 1.165) is 21.1 Å². The molecule has 0 atom stereocenters. The molecule has 9 heteroatoms. The highest BCUT2D eigenvalue weighted by Crippen LogP contribution is 2.22. The summed E-state index contributed by atoms with van der Waals surface area (Å²) in [5.41, 5.74) is 2.24. The first-order valence-corrected chi connectivity index (χ1v) is 9.04. The number of pyridine rings is 1. The van der Waals surface area contributed by atoms with Gasteiger partial charge in [-0.15, -0.1) is 15.3 Å². The van der Waals surface area contributed by atoms with Gasteiger partial charge in [-0.05, 0) is 11.6 Å². The molecule has 0 saturated carbocycles. The van der Waals surface area contributed by atoms with Crippen molar-refractivity contribution in [1.82, 2.24) is 35.5 Å². The van der Waals surface area contributed by atoms with Gasteiger partial charge < -0.3 is 5.32 Å². The van der Waals surface area contributed by atoms with Gasteiger partial charge in [0, 0.05) is 18.0 Å². The summed E-state index contributed by atoms with van der Waals surface area (Å²) >= 11 is 1.45. The largest absolute Gasteiger partial charge is 0.344 e. The van der Waals surface area contributed by atoms with Crippen molar-refractivity contribution >= 4 is 17.2 Å². The van der Waals surface area contributed by atoms with Crippen LogP contribution in [0.5, 0.6) is 0 Å². The first kappa shape index (κ1) is 17.0. The molecular weight excluding hydrogens is 362 g/mol. The lowest BCUT2D eigenvalue weighted by molar-refractivity contribution is 0.0945. The molecular formula is C18H15N7OS. The predicted octanol–water partition coefficient (Wildman–Crippen LogP) is 2.17. The van der Waals surface area contributed by atoms with Gasteiger partial charge in [0.1, 0.15) is 10.0 Å². The van der Waals surface area contributed by atoms with Gasteiger partial charge in [0.25, 0.3) is 5.91 Å². The van der Waals surface area contributed by atoms with Gasteiger partial charge in [-0.25, -0.2) is 4.68 Å². The van der Waals surface area contributed by atoms with Crippen molar-refractivity contribution < 1.29 is 4.79 Å². The van der Waals surface area contributed by atoms with Crippen LogP contribution in [0.1, 0.15) is 21.1 Å². The maximum absolute atomic E-state index is 12.3. The number of aromatic nitrogens is 6. The van der Waals surface area contributed by atoms with Crippen LogP contribution in [0.25, 0.3) is 10.6 Å². The summed E-state index contributed by atoms with van der Waals surface area (Å²) in [4.78, 5) is 16.3. The number of hydrogen-bond acceptors (Lipinski definition) is 7. The van der Waals surface area contributed by atoms with E-state index in [-0.39, 0.29) is 11.6 Å². The summed E-state index contributed by atoms with van der Waals surface area (Å²) in [5.74, 6) is -0.302. The molecule has 1 N–H and O–H groups in total. The Balaban J connectivity index is 1.35. The molecule has 0 aliphatic rings. The van der Waals surface area contributed by atoms with E-state index in [2.05, 4.69) is 30.8 Å². The molecule has 0 aliphatic heterocycles. The predicted molar refractivity (Wildman–Crippen MR) is 99.9 cm³/mol. The van der Waals surface area contributed by atoms with E-state index in [1.54, 1.807) is 23.3 Å². The molecule has 0 radical (unpaired) electrons. The highest BCUT2D eigenvalue weighted by atomic mass is 32.1. The number of hydrogen-bond donors (Lipinski definition) is 1. The van der Waals surface area contributed by atoms with E-state index in [4.69, 9.17) is 0 Å². The molecule has 0 aliphatic carbocycles. The molecule has 0 fully saturated rings. The summed E-state index contributed by atoms with van der Waals surface area (Å²) in [6, 6.07) is 13.6. The van der Waals surface area contributed by atoms with Crippen LogP contribution in [0.4, 0.5) is 0 Å². The summed E-state index contributed by atoms with van der Waals surface area (Å²) in [6.45, 7) is 0.795. The number of nitrogens with one attached hydrogen (secondary N) is 1. The van der Waals surface area contributed by atoms with Gasteiger partial charge in [-0.2, -0.15) is 0 Å². The van der Waals surface area contributed by atoms with Crippen LogP contribution in [-0.4, -0.2) is 36.1 Å². The topological polar surface area (TPSA) is 98.5 Å². The number of amides is 1. The second-order valence-corrected chi connectivity index (χ2v) is 6.77. The minimum absolute atomic E-state index is 0.256. The average Bonchev–Trinajstić information content (AvgIpc) is 3.37. The smallest absolute Gasteiger partial charge is 0.273 e. The third-order valence-corrected chi connectivity index (χ3v) is 4.70. The molecule has 0 bridgehead atoms. The van der Waals surface area contributed by atoms with E-state index in [1.165, 1.54) is 11.3 Å². The Morgan fingerprint density at radius 3 is 2.78 bits per heavy atom. The van der Waals surface area contributed by atoms with Crippen LogP contribution in [0.3, 0.4) is 0 Å². The molecule has 4 rings (SSSR count). The molecule has 0 spiro atoms. The minimum Gasteiger partial charge on any atom is -0.344 e. The summed E-state index contributed by atoms with van der Waals surface area (Å²) in [7, 11) is 0. The van der Waals surface area contributed by atoms with Gasteiger partial charge in [0.05, 0.1) is 19.3 Å². The molecule has 1 amide bonds. The maximum Gasteiger partial charge on any atom is 0.273 e. The SMILES string of the molecule is O=C(NCc1nnc(-c2ccccc2)s1)c1cn(Cc2cccnc2)nn1. The lowest BCUT2D eigenvalue weighted by Crippen LogP contribution is -2.23. The summed E-state index contributed by atoms with van der Waals surface area (Å²) in [6.07, 6.45) is 5.07. The summed E-state index contributed by atoms with van der Waals surface area (Å²) < 4.78 is 1.60. The molecule has 0 saturated heterocycles. The van der Waals surface area contributed by atoms with Crippen LogP contribution in [0.15, 0.2) is 61.1 Å². The van der Waals surface area contributed by atoms with E-state index >= 15 is 0 Å². The van der Waals surface area contributed by atoms with E-state index in [0.29, 0.717) is 13.1 Å². The minimum atomic E-state index is -0.302. The van der Waals surface area contributed by atoms with Crippen molar-refractivity contribution in [3.05, 3.63) is 77.3 Å². The Labute approximate surface area is 158 Å². The Bertz CT molecular complexity index is 1030. The lowest BCUT2D eigenvalue weighted by atomic mass is 10.2. The van der Waals surface area contributed by atoms with Gasteiger partial charge in [-0.1, -0.05) is 52.9 Å². The second-order valence-electron chi connectivity index (χ2n) is 5.71. The molecule has 27 heavy (non-hydrogen) atoms. The van der Waals surface area contributed by atoms with Gasteiger partial charge in [-0.3, -0.25) is 9.78 Å². The third-order valence-electron chi connectivity index (χ3n) is 3.73. The van der Waals surface area contributed by atoms with Crippen molar-refractivity contribution in [2.75, 3.05) is 0 Å². The van der Waals surface area contributed by atoms with Crippen molar-refractivity contribution in [1.29, 1.82) is 0 Å². The van der Waals surface area contributed by atoms with Crippen molar-refractivity contribution in [3.63, 3.8) is 0 Å². The van der Waals surface area contributed by atoms with E-state index in [9.17, 15) is 4.79 Å². The Morgan fingerprint density at radius 2 is 1.96 bits per heavy atom. The number of benzene rings is 1. The highest BCUT2D eigenvalue weighted by molar-refractivity contribution is 7.14. The Morgan fingerprint density at radius 1 is 1.07 bits per heavy atom. The molecule has 0 unspecified atom stereocenters. The average molecular weight is 377 g/mol. The fourth-order valence-corrected chi connectivity index (χ4v) is 3.21. The number of nitrogens with zero attached hydrogens (tertiary/aromatic N) is 6. The van der Waals surface area contributed by atoms with Crippen molar-refractivity contribution in [2.24, 2.45) is 0 Å². The van der Waals surface area contributed by atoms with Gasteiger partial charge in [0.15, 0.2) is 5.69 Å². The maximum atomic E-state index is 12.3. The third kappa shape index (κ3) is 4.21. The number of rotatable bonds is 6. The highest BCUT2D eigenvalue weighted by Gasteiger charge is 2.13. The Hall–Kier alpha value is -3.46. The molecule has 134 valence electrons. The van der Waals surface area contributed by atoms with E-state index in [1.807, 2.05) is 42.5 Å². The van der Waals surface area contributed by atoms with Crippen molar-refractivity contribution in [3.8, 4) is 10.6 Å². The molecule has 4 aromatic rings. The molecule has 3 heterocycles.